The lowest BCUT2D eigenvalue weighted by atomic mass is 10.4. The minimum Gasteiger partial charge on any atom is -0.247 e. The summed E-state index contributed by atoms with van der Waals surface area (Å²) in [5, 5.41) is 0. The molecule has 1 atom stereocenters. The lowest BCUT2D eigenvalue weighted by Crippen LogP contribution is -2.04. The Morgan fingerprint density at radius 3 is 2.62 bits per heavy atom. The molecule has 0 fully saturated rings. The third-order valence-electron chi connectivity index (χ3n) is 1.55. The first-order valence-electron chi connectivity index (χ1n) is 3.90. The van der Waals surface area contributed by atoms with Gasteiger partial charge in [0.25, 0.3) is 0 Å². The Kier molecular flexibility index (Phi) is 4.51. The molecule has 1 unspecified atom stereocenters. The van der Waals surface area contributed by atoms with E-state index in [9.17, 15) is 17.4 Å². The van der Waals surface area contributed by atoms with E-state index >= 15 is 0 Å². The van der Waals surface area contributed by atoms with Gasteiger partial charge in [0.1, 0.15) is 9.73 Å². The Bertz CT molecular complexity index is 507. The zero-order valence-electron chi connectivity index (χ0n) is 7.68. The Balaban J connectivity index is 2.78. The Hall–Kier alpha value is -0.410. The van der Waals surface area contributed by atoms with Crippen LogP contribution < -0.4 is 0 Å². The summed E-state index contributed by atoms with van der Waals surface area (Å²) in [5.74, 6) is -2.13. The van der Waals surface area contributed by atoms with Gasteiger partial charge in [0.15, 0.2) is 10.2 Å². The highest BCUT2D eigenvalue weighted by Crippen LogP contribution is 2.25. The molecule has 1 rings (SSSR count). The zero-order chi connectivity index (χ0) is 12.3. The molecule has 0 bridgehead atoms. The number of hydrogen-bond donors (Lipinski definition) is 1. The summed E-state index contributed by atoms with van der Waals surface area (Å²) in [7, 11) is -3.30. The van der Waals surface area contributed by atoms with Crippen LogP contribution in [0.15, 0.2) is 26.2 Å². The lowest BCUT2D eigenvalue weighted by molar-refractivity contribution is 0.373. The number of nitrogens with one attached hydrogen (secondary N) is 1. The van der Waals surface area contributed by atoms with E-state index in [1.54, 1.807) is 0 Å². The van der Waals surface area contributed by atoms with Crippen molar-refractivity contribution in [3.63, 3.8) is 0 Å². The average Bonchev–Trinajstić information content (AvgIpc) is 2.61. The summed E-state index contributed by atoms with van der Waals surface area (Å²) >= 11 is 4.04. The van der Waals surface area contributed by atoms with Gasteiger partial charge in [-0.1, -0.05) is 11.3 Å². The van der Waals surface area contributed by atoms with Gasteiger partial charge in [0.2, 0.25) is 0 Å². The summed E-state index contributed by atoms with van der Waals surface area (Å²) in [6, 6.07) is 0. The van der Waals surface area contributed by atoms with Crippen LogP contribution in [0.2, 0.25) is 0 Å². The van der Waals surface area contributed by atoms with E-state index in [0.717, 1.165) is 11.3 Å². The van der Waals surface area contributed by atoms with Gasteiger partial charge in [-0.05, 0) is 15.9 Å². The van der Waals surface area contributed by atoms with E-state index in [4.69, 9.17) is 4.78 Å². The largest absolute Gasteiger partial charge is 0.301 e. The second-order valence-electron chi connectivity index (χ2n) is 2.72. The van der Waals surface area contributed by atoms with Gasteiger partial charge in [0, 0.05) is 12.2 Å². The average molecular weight is 335 g/mol. The number of aromatic nitrogens is 1. The summed E-state index contributed by atoms with van der Waals surface area (Å²) in [6.07, 6.45) is -1.80. The van der Waals surface area contributed by atoms with Crippen molar-refractivity contribution in [3.8, 4) is 0 Å². The number of thiazole rings is 1. The Labute approximate surface area is 102 Å². The van der Waals surface area contributed by atoms with Crippen molar-refractivity contribution in [1.29, 1.82) is 4.78 Å². The van der Waals surface area contributed by atoms with E-state index in [-0.39, 0.29) is 4.34 Å². The SMILES string of the molecule is N=S(=O)(CCC(F)=C(F)F)c1ncc(Br)s1. The van der Waals surface area contributed by atoms with Gasteiger partial charge < -0.3 is 0 Å². The normalized spacial score (nSPS) is 14.5. The van der Waals surface area contributed by atoms with Crippen molar-refractivity contribution in [2.75, 3.05) is 5.75 Å². The molecule has 0 amide bonds. The molecule has 1 aromatic heterocycles. The molecule has 1 N–H and O–H groups in total. The van der Waals surface area contributed by atoms with Crippen LogP contribution in [0.3, 0.4) is 0 Å². The quantitative estimate of drug-likeness (QED) is 0.910. The van der Waals surface area contributed by atoms with Gasteiger partial charge in [-0.2, -0.15) is 8.78 Å². The minimum atomic E-state index is -3.30. The highest BCUT2D eigenvalue weighted by atomic mass is 79.9. The molecule has 0 aromatic carbocycles. The molecule has 3 nitrogen and oxygen atoms in total. The number of halogens is 4. The molecule has 9 heteroatoms. The lowest BCUT2D eigenvalue weighted by Gasteiger charge is -2.01. The molecule has 0 aliphatic heterocycles. The van der Waals surface area contributed by atoms with Crippen LogP contribution in [0.1, 0.15) is 6.42 Å². The van der Waals surface area contributed by atoms with E-state index in [0.29, 0.717) is 3.79 Å². The zero-order valence-corrected chi connectivity index (χ0v) is 10.9. The minimum absolute atomic E-state index is 0.00596. The van der Waals surface area contributed by atoms with Gasteiger partial charge in [-0.25, -0.2) is 18.4 Å². The number of nitrogens with zero attached hydrogens (tertiary/aromatic N) is 1. The maximum atomic E-state index is 12.5. The highest BCUT2D eigenvalue weighted by molar-refractivity contribution is 9.11. The van der Waals surface area contributed by atoms with Crippen molar-refractivity contribution in [3.05, 3.63) is 21.9 Å². The van der Waals surface area contributed by atoms with Gasteiger partial charge in [-0.3, -0.25) is 0 Å². The smallest absolute Gasteiger partial charge is 0.247 e. The van der Waals surface area contributed by atoms with Crippen LogP contribution in [-0.4, -0.2) is 14.9 Å². The molecule has 90 valence electrons. The van der Waals surface area contributed by atoms with Crippen molar-refractivity contribution in [1.82, 2.24) is 4.98 Å². The maximum absolute atomic E-state index is 12.5. The van der Waals surface area contributed by atoms with Gasteiger partial charge in [0.05, 0.1) is 9.98 Å². The van der Waals surface area contributed by atoms with E-state index in [1.165, 1.54) is 6.20 Å². The molecule has 16 heavy (non-hydrogen) atoms. The van der Waals surface area contributed by atoms with Crippen LogP contribution in [-0.2, 0) is 9.73 Å². The summed E-state index contributed by atoms with van der Waals surface area (Å²) in [6.45, 7) is 0. The van der Waals surface area contributed by atoms with E-state index < -0.39 is 33.8 Å². The first-order valence-corrected chi connectivity index (χ1v) is 7.24. The fraction of sp³-hybridized carbons (Fsp3) is 0.286. The maximum Gasteiger partial charge on any atom is 0.301 e. The molecule has 0 spiro atoms. The fourth-order valence-electron chi connectivity index (χ4n) is 0.807. The summed E-state index contributed by atoms with van der Waals surface area (Å²) in [4.78, 5) is 3.69. The Morgan fingerprint density at radius 1 is 1.56 bits per heavy atom. The van der Waals surface area contributed by atoms with Gasteiger partial charge in [-0.15, -0.1) is 0 Å². The van der Waals surface area contributed by atoms with Crippen molar-refractivity contribution >= 4 is 37.0 Å². The summed E-state index contributed by atoms with van der Waals surface area (Å²) in [5.41, 5.74) is 0. The molecule has 0 aliphatic carbocycles. The Morgan fingerprint density at radius 2 is 2.19 bits per heavy atom. The van der Waals surface area contributed by atoms with Crippen molar-refractivity contribution in [2.45, 2.75) is 10.8 Å². The molecular weight excluding hydrogens is 329 g/mol. The third kappa shape index (κ3) is 3.56. The predicted molar refractivity (Wildman–Crippen MR) is 58.8 cm³/mol. The van der Waals surface area contributed by atoms with Crippen LogP contribution in [0, 0.1) is 4.78 Å². The number of hydrogen-bond acceptors (Lipinski definition) is 4. The van der Waals surface area contributed by atoms with Crippen LogP contribution in [0.4, 0.5) is 13.2 Å². The molecular formula is C7H6BrF3N2OS2. The van der Waals surface area contributed by atoms with Gasteiger partial charge >= 0.3 is 6.08 Å². The van der Waals surface area contributed by atoms with Crippen molar-refractivity contribution < 1.29 is 17.4 Å². The topological polar surface area (TPSA) is 53.8 Å². The van der Waals surface area contributed by atoms with Crippen LogP contribution in [0.5, 0.6) is 0 Å². The van der Waals surface area contributed by atoms with Crippen LogP contribution >= 0.6 is 27.3 Å². The molecule has 0 saturated carbocycles. The molecule has 1 aromatic rings. The second-order valence-corrected chi connectivity index (χ2v) is 7.54. The fourth-order valence-corrected chi connectivity index (χ4v) is 3.99. The van der Waals surface area contributed by atoms with Crippen LogP contribution in [0.25, 0.3) is 0 Å². The van der Waals surface area contributed by atoms with Crippen molar-refractivity contribution in [2.24, 2.45) is 0 Å². The third-order valence-corrected chi connectivity index (χ3v) is 5.33. The molecule has 1 heterocycles. The number of rotatable bonds is 4. The first kappa shape index (κ1) is 13.7. The monoisotopic (exact) mass is 334 g/mol. The predicted octanol–water partition coefficient (Wildman–Crippen LogP) is 3.78. The molecule has 0 aliphatic rings. The summed E-state index contributed by atoms with van der Waals surface area (Å²) < 4.78 is 55.7. The second kappa shape index (κ2) is 5.28. The standard InChI is InChI=1S/C7H6BrF3N2OS2/c8-5-3-13-7(15-5)16(12,14)2-1-4(9)6(10)11/h3,12H,1-2H2. The molecule has 0 saturated heterocycles. The van der Waals surface area contributed by atoms with E-state index in [2.05, 4.69) is 20.9 Å². The highest BCUT2D eigenvalue weighted by Gasteiger charge is 2.17. The number of allylic oxidation sites excluding steroid dienone is 1. The van der Waals surface area contributed by atoms with E-state index in [1.807, 2.05) is 0 Å². The molecule has 0 radical (unpaired) electrons. The first-order chi connectivity index (χ1) is 7.33.